The van der Waals surface area contributed by atoms with E-state index in [2.05, 4.69) is 5.32 Å². The zero-order valence-electron chi connectivity index (χ0n) is 12.6. The maximum atomic E-state index is 14.1. The van der Waals surface area contributed by atoms with Gasteiger partial charge in [0.15, 0.2) is 11.5 Å². The number of rotatable bonds is 4. The minimum atomic E-state index is -0.691. The van der Waals surface area contributed by atoms with Crippen molar-refractivity contribution in [1.29, 1.82) is 0 Å². The minimum Gasteiger partial charge on any atom is -0.493 e. The third kappa shape index (κ3) is 3.11. The Hall–Kier alpha value is -2.76. The number of aryl methyl sites for hydroxylation is 1. The van der Waals surface area contributed by atoms with E-state index in [1.165, 1.54) is 20.3 Å². The highest BCUT2D eigenvalue weighted by Crippen LogP contribution is 2.30. The molecule has 0 saturated carbocycles. The second kappa shape index (κ2) is 6.34. The summed E-state index contributed by atoms with van der Waals surface area (Å²) in [6.45, 7) is 1.80. The fourth-order valence-corrected chi connectivity index (χ4v) is 2.04. The summed E-state index contributed by atoms with van der Waals surface area (Å²) in [5.41, 5.74) is 7.47. The molecule has 0 aliphatic heterocycles. The summed E-state index contributed by atoms with van der Waals surface area (Å²) in [6, 6.07) is 7.47. The van der Waals surface area contributed by atoms with Crippen LogP contribution in [0.5, 0.6) is 11.5 Å². The van der Waals surface area contributed by atoms with Crippen molar-refractivity contribution in [3.05, 3.63) is 47.3 Å². The topological polar surface area (TPSA) is 73.6 Å². The van der Waals surface area contributed by atoms with Crippen LogP contribution in [0.2, 0.25) is 0 Å². The van der Waals surface area contributed by atoms with Crippen LogP contribution < -0.4 is 20.5 Å². The normalized spacial score (nSPS) is 10.2. The predicted octanol–water partition coefficient (Wildman–Crippen LogP) is 2.99. The lowest BCUT2D eigenvalue weighted by atomic mass is 10.1. The van der Waals surface area contributed by atoms with Crippen molar-refractivity contribution < 1.29 is 18.7 Å². The SMILES string of the molecule is COc1cc(F)c(C(=O)Nc2ccc(N)cc2C)cc1OC. The molecule has 0 spiro atoms. The molecule has 2 rings (SSSR count). The molecule has 2 aromatic rings. The number of methoxy groups -OCH3 is 2. The van der Waals surface area contributed by atoms with Gasteiger partial charge in [0.25, 0.3) is 5.91 Å². The molecule has 0 aliphatic rings. The van der Waals surface area contributed by atoms with Gasteiger partial charge in [0, 0.05) is 17.4 Å². The van der Waals surface area contributed by atoms with Gasteiger partial charge in [-0.3, -0.25) is 4.79 Å². The molecule has 0 aromatic heterocycles. The van der Waals surface area contributed by atoms with Gasteiger partial charge in [-0.1, -0.05) is 0 Å². The van der Waals surface area contributed by atoms with E-state index in [0.717, 1.165) is 11.6 Å². The van der Waals surface area contributed by atoms with Gasteiger partial charge >= 0.3 is 0 Å². The third-order valence-corrected chi connectivity index (χ3v) is 3.22. The molecule has 6 heteroatoms. The average Bonchev–Trinajstić information content (AvgIpc) is 2.49. The first kappa shape index (κ1) is 15.6. The molecule has 0 aliphatic carbocycles. The number of hydrogen-bond donors (Lipinski definition) is 2. The second-order valence-electron chi connectivity index (χ2n) is 4.72. The highest BCUT2D eigenvalue weighted by Gasteiger charge is 2.17. The Morgan fingerprint density at radius 3 is 2.36 bits per heavy atom. The van der Waals surface area contributed by atoms with Crippen molar-refractivity contribution >= 4 is 17.3 Å². The highest BCUT2D eigenvalue weighted by molar-refractivity contribution is 6.05. The number of nitrogens with two attached hydrogens (primary N) is 1. The van der Waals surface area contributed by atoms with Crippen molar-refractivity contribution in [2.45, 2.75) is 6.92 Å². The Bertz CT molecular complexity index is 717. The highest BCUT2D eigenvalue weighted by atomic mass is 19.1. The number of ether oxygens (including phenoxy) is 2. The molecule has 0 bridgehead atoms. The molecule has 22 heavy (non-hydrogen) atoms. The largest absolute Gasteiger partial charge is 0.493 e. The van der Waals surface area contributed by atoms with Crippen molar-refractivity contribution in [3.8, 4) is 11.5 Å². The molecule has 3 N–H and O–H groups in total. The van der Waals surface area contributed by atoms with Gasteiger partial charge in [-0.15, -0.1) is 0 Å². The molecule has 5 nitrogen and oxygen atoms in total. The van der Waals surface area contributed by atoms with Crippen LogP contribution in [-0.4, -0.2) is 20.1 Å². The Morgan fingerprint density at radius 2 is 1.77 bits per heavy atom. The van der Waals surface area contributed by atoms with Crippen LogP contribution in [0.25, 0.3) is 0 Å². The number of halogens is 1. The summed E-state index contributed by atoms with van der Waals surface area (Å²) < 4.78 is 24.1. The molecule has 0 heterocycles. The van der Waals surface area contributed by atoms with Crippen molar-refractivity contribution in [2.75, 3.05) is 25.3 Å². The van der Waals surface area contributed by atoms with Crippen LogP contribution in [0.4, 0.5) is 15.8 Å². The van der Waals surface area contributed by atoms with E-state index in [1.807, 2.05) is 0 Å². The minimum absolute atomic E-state index is 0.131. The van der Waals surface area contributed by atoms with Crippen molar-refractivity contribution in [1.82, 2.24) is 0 Å². The Balaban J connectivity index is 2.33. The zero-order valence-corrected chi connectivity index (χ0v) is 12.6. The van der Waals surface area contributed by atoms with E-state index in [9.17, 15) is 9.18 Å². The maximum absolute atomic E-state index is 14.1. The first-order valence-electron chi connectivity index (χ1n) is 6.55. The average molecular weight is 304 g/mol. The molecular formula is C16H17FN2O3. The zero-order chi connectivity index (χ0) is 16.3. The lowest BCUT2D eigenvalue weighted by molar-refractivity contribution is 0.102. The summed E-state index contributed by atoms with van der Waals surface area (Å²) in [6.07, 6.45) is 0. The van der Waals surface area contributed by atoms with Crippen molar-refractivity contribution in [2.24, 2.45) is 0 Å². The summed E-state index contributed by atoms with van der Waals surface area (Å²) in [7, 11) is 2.82. The maximum Gasteiger partial charge on any atom is 0.258 e. The van der Waals surface area contributed by atoms with Crippen LogP contribution in [-0.2, 0) is 0 Å². The van der Waals surface area contributed by atoms with Gasteiger partial charge in [-0.2, -0.15) is 0 Å². The summed E-state index contributed by atoms with van der Waals surface area (Å²) in [5, 5.41) is 2.65. The number of hydrogen-bond acceptors (Lipinski definition) is 4. The van der Waals surface area contributed by atoms with E-state index in [-0.39, 0.29) is 17.1 Å². The number of nitrogen functional groups attached to an aromatic ring is 1. The number of anilines is 2. The van der Waals surface area contributed by atoms with Crippen LogP contribution in [0, 0.1) is 12.7 Å². The lowest BCUT2D eigenvalue weighted by Crippen LogP contribution is -2.15. The van der Waals surface area contributed by atoms with Gasteiger partial charge in [0.2, 0.25) is 0 Å². The standard InChI is InChI=1S/C16H17FN2O3/c1-9-6-10(18)4-5-13(9)19-16(20)11-7-14(21-2)15(22-3)8-12(11)17/h4-8H,18H2,1-3H3,(H,19,20). The van der Waals surface area contributed by atoms with Crippen LogP contribution in [0.15, 0.2) is 30.3 Å². The lowest BCUT2D eigenvalue weighted by Gasteiger charge is -2.12. The van der Waals surface area contributed by atoms with Gasteiger partial charge in [-0.05, 0) is 36.8 Å². The number of carbonyl (C=O) groups is 1. The quantitative estimate of drug-likeness (QED) is 0.852. The first-order valence-corrected chi connectivity index (χ1v) is 6.55. The molecule has 0 fully saturated rings. The summed E-state index contributed by atoms with van der Waals surface area (Å²) in [5.74, 6) is -0.766. The van der Waals surface area contributed by atoms with Gasteiger partial charge in [0.1, 0.15) is 5.82 Å². The van der Waals surface area contributed by atoms with E-state index >= 15 is 0 Å². The smallest absolute Gasteiger partial charge is 0.258 e. The molecule has 116 valence electrons. The van der Waals surface area contributed by atoms with E-state index in [4.69, 9.17) is 15.2 Å². The van der Waals surface area contributed by atoms with E-state index in [0.29, 0.717) is 11.4 Å². The molecule has 0 unspecified atom stereocenters. The molecular weight excluding hydrogens is 287 g/mol. The predicted molar refractivity (Wildman–Crippen MR) is 83.0 cm³/mol. The molecule has 0 saturated heterocycles. The van der Waals surface area contributed by atoms with E-state index in [1.54, 1.807) is 25.1 Å². The van der Waals surface area contributed by atoms with E-state index < -0.39 is 11.7 Å². The molecule has 2 aromatic carbocycles. The monoisotopic (exact) mass is 304 g/mol. The van der Waals surface area contributed by atoms with Crippen LogP contribution in [0.1, 0.15) is 15.9 Å². The fraction of sp³-hybridized carbons (Fsp3) is 0.188. The Morgan fingerprint density at radius 1 is 1.14 bits per heavy atom. The molecule has 0 radical (unpaired) electrons. The summed E-state index contributed by atoms with van der Waals surface area (Å²) >= 11 is 0. The van der Waals surface area contributed by atoms with Gasteiger partial charge in [-0.25, -0.2) is 4.39 Å². The van der Waals surface area contributed by atoms with Crippen LogP contribution in [0.3, 0.4) is 0 Å². The van der Waals surface area contributed by atoms with Gasteiger partial charge in [0.05, 0.1) is 19.8 Å². The Kier molecular flexibility index (Phi) is 4.50. The Labute approximate surface area is 127 Å². The number of amides is 1. The van der Waals surface area contributed by atoms with Crippen molar-refractivity contribution in [3.63, 3.8) is 0 Å². The summed E-state index contributed by atoms with van der Waals surface area (Å²) in [4.78, 5) is 12.3. The molecule has 0 atom stereocenters. The van der Waals surface area contributed by atoms with Crippen LogP contribution >= 0.6 is 0 Å². The second-order valence-corrected chi connectivity index (χ2v) is 4.72. The fourth-order valence-electron chi connectivity index (χ4n) is 2.04. The third-order valence-electron chi connectivity index (χ3n) is 3.22. The molecule has 1 amide bonds. The number of nitrogens with one attached hydrogen (secondary N) is 1. The number of benzene rings is 2. The van der Waals surface area contributed by atoms with Gasteiger partial charge < -0.3 is 20.5 Å². The number of carbonyl (C=O) groups excluding carboxylic acids is 1. The first-order chi connectivity index (χ1) is 10.5.